The van der Waals surface area contributed by atoms with Crippen LogP contribution >= 0.6 is 0 Å². The number of hydrogen-bond donors (Lipinski definition) is 1. The molecule has 1 rings (SSSR count). The molecule has 0 saturated carbocycles. The number of methoxy groups -OCH3 is 1. The Balaban J connectivity index is 2.72. The third-order valence-corrected chi connectivity index (χ3v) is 3.09. The zero-order chi connectivity index (χ0) is 9.35. The molecular weight excluding hydrogens is 156 g/mol. The van der Waals surface area contributed by atoms with Gasteiger partial charge in [-0.1, -0.05) is 6.92 Å². The maximum absolute atomic E-state index is 9.36. The normalized spacial score (nSPS) is 49.2. The van der Waals surface area contributed by atoms with Gasteiger partial charge < -0.3 is 14.6 Å². The SMILES string of the molecule is COC1(C)CC(O)O[C@H](C)[C@H]1C. The third kappa shape index (κ3) is 1.63. The fraction of sp³-hybridized carbons (Fsp3) is 1.00. The van der Waals surface area contributed by atoms with E-state index in [1.807, 2.05) is 13.8 Å². The lowest BCUT2D eigenvalue weighted by Gasteiger charge is -2.44. The summed E-state index contributed by atoms with van der Waals surface area (Å²) < 4.78 is 10.7. The molecule has 0 amide bonds. The summed E-state index contributed by atoms with van der Waals surface area (Å²) in [6, 6.07) is 0. The zero-order valence-corrected chi connectivity index (χ0v) is 8.20. The van der Waals surface area contributed by atoms with Crippen molar-refractivity contribution in [2.45, 2.75) is 45.2 Å². The first-order valence-electron chi connectivity index (χ1n) is 4.38. The number of rotatable bonds is 1. The molecule has 0 aromatic heterocycles. The fourth-order valence-corrected chi connectivity index (χ4v) is 1.71. The van der Waals surface area contributed by atoms with E-state index in [1.165, 1.54) is 0 Å². The minimum absolute atomic E-state index is 0.0544. The monoisotopic (exact) mass is 174 g/mol. The molecule has 3 heteroatoms. The van der Waals surface area contributed by atoms with Gasteiger partial charge in [0.25, 0.3) is 0 Å². The van der Waals surface area contributed by atoms with Crippen LogP contribution in [0.15, 0.2) is 0 Å². The maximum atomic E-state index is 9.36. The van der Waals surface area contributed by atoms with Crippen LogP contribution in [0.5, 0.6) is 0 Å². The fourth-order valence-electron chi connectivity index (χ4n) is 1.71. The lowest BCUT2D eigenvalue weighted by Crippen LogP contribution is -2.50. The van der Waals surface area contributed by atoms with Gasteiger partial charge in [-0.25, -0.2) is 0 Å². The zero-order valence-electron chi connectivity index (χ0n) is 8.20. The van der Waals surface area contributed by atoms with Gasteiger partial charge in [0.2, 0.25) is 0 Å². The van der Waals surface area contributed by atoms with Crippen LogP contribution in [-0.2, 0) is 9.47 Å². The number of ether oxygens (including phenoxy) is 2. The summed E-state index contributed by atoms with van der Waals surface area (Å²) >= 11 is 0. The van der Waals surface area contributed by atoms with Gasteiger partial charge in [-0.15, -0.1) is 0 Å². The van der Waals surface area contributed by atoms with Crippen molar-refractivity contribution in [2.75, 3.05) is 7.11 Å². The van der Waals surface area contributed by atoms with Crippen molar-refractivity contribution in [1.29, 1.82) is 0 Å². The van der Waals surface area contributed by atoms with Crippen LogP contribution in [0.2, 0.25) is 0 Å². The minimum atomic E-state index is -0.679. The molecule has 1 heterocycles. The Hall–Kier alpha value is -0.120. The summed E-state index contributed by atoms with van der Waals surface area (Å²) in [4.78, 5) is 0. The molecule has 0 aliphatic carbocycles. The van der Waals surface area contributed by atoms with Crippen molar-refractivity contribution in [2.24, 2.45) is 5.92 Å². The Morgan fingerprint density at radius 3 is 2.58 bits per heavy atom. The Bertz CT molecular complexity index is 160. The topological polar surface area (TPSA) is 38.7 Å². The van der Waals surface area contributed by atoms with E-state index in [2.05, 4.69) is 6.92 Å². The summed E-state index contributed by atoms with van der Waals surface area (Å²) in [5.41, 5.74) is -0.253. The van der Waals surface area contributed by atoms with Crippen LogP contribution in [0, 0.1) is 5.92 Å². The first-order chi connectivity index (χ1) is 5.49. The van der Waals surface area contributed by atoms with Crippen LogP contribution in [0.3, 0.4) is 0 Å². The molecule has 4 atom stereocenters. The molecular formula is C9H18O3. The molecule has 1 saturated heterocycles. The number of aliphatic hydroxyl groups excluding tert-OH is 1. The van der Waals surface area contributed by atoms with Crippen LogP contribution in [0.1, 0.15) is 27.2 Å². The molecule has 72 valence electrons. The van der Waals surface area contributed by atoms with Crippen molar-refractivity contribution >= 4 is 0 Å². The van der Waals surface area contributed by atoms with Crippen LogP contribution in [0.25, 0.3) is 0 Å². The molecule has 0 bridgehead atoms. The van der Waals surface area contributed by atoms with E-state index in [0.717, 1.165) is 0 Å². The molecule has 1 N–H and O–H groups in total. The Kier molecular flexibility index (Phi) is 2.76. The molecule has 12 heavy (non-hydrogen) atoms. The lowest BCUT2D eigenvalue weighted by atomic mass is 9.81. The summed E-state index contributed by atoms with van der Waals surface area (Å²) in [6.45, 7) is 6.06. The molecule has 1 aliphatic heterocycles. The first-order valence-corrected chi connectivity index (χ1v) is 4.38. The van der Waals surface area contributed by atoms with E-state index in [1.54, 1.807) is 7.11 Å². The molecule has 0 aromatic rings. The Labute approximate surface area is 73.7 Å². The van der Waals surface area contributed by atoms with Gasteiger partial charge in [-0.3, -0.25) is 0 Å². The highest BCUT2D eigenvalue weighted by Crippen LogP contribution is 2.35. The van der Waals surface area contributed by atoms with E-state index >= 15 is 0 Å². The Morgan fingerprint density at radius 1 is 1.50 bits per heavy atom. The van der Waals surface area contributed by atoms with Gasteiger partial charge in [0.15, 0.2) is 6.29 Å². The quantitative estimate of drug-likeness (QED) is 0.648. The van der Waals surface area contributed by atoms with Crippen LogP contribution in [0.4, 0.5) is 0 Å². The third-order valence-electron chi connectivity index (χ3n) is 3.09. The minimum Gasteiger partial charge on any atom is -0.378 e. The predicted molar refractivity (Wildman–Crippen MR) is 45.7 cm³/mol. The summed E-state index contributed by atoms with van der Waals surface area (Å²) in [5, 5.41) is 9.36. The number of aliphatic hydroxyl groups is 1. The second-order valence-corrected chi connectivity index (χ2v) is 3.81. The highest BCUT2D eigenvalue weighted by Gasteiger charge is 2.42. The van der Waals surface area contributed by atoms with Gasteiger partial charge in [0.1, 0.15) is 0 Å². The van der Waals surface area contributed by atoms with E-state index in [-0.39, 0.29) is 11.7 Å². The molecule has 1 aliphatic rings. The first kappa shape index (κ1) is 9.96. The largest absolute Gasteiger partial charge is 0.378 e. The van der Waals surface area contributed by atoms with Crippen molar-refractivity contribution in [1.82, 2.24) is 0 Å². The van der Waals surface area contributed by atoms with Gasteiger partial charge in [-0.05, 0) is 13.8 Å². The maximum Gasteiger partial charge on any atom is 0.157 e. The van der Waals surface area contributed by atoms with E-state index in [0.29, 0.717) is 12.3 Å². The molecule has 2 unspecified atom stereocenters. The van der Waals surface area contributed by atoms with Gasteiger partial charge in [0, 0.05) is 19.4 Å². The smallest absolute Gasteiger partial charge is 0.157 e. The van der Waals surface area contributed by atoms with Crippen LogP contribution in [-0.4, -0.2) is 30.2 Å². The molecule has 0 spiro atoms. The molecule has 3 nitrogen and oxygen atoms in total. The predicted octanol–water partition coefficient (Wildman–Crippen LogP) is 1.15. The van der Waals surface area contributed by atoms with Crippen molar-refractivity contribution in [3.63, 3.8) is 0 Å². The van der Waals surface area contributed by atoms with Crippen molar-refractivity contribution < 1.29 is 14.6 Å². The van der Waals surface area contributed by atoms with Crippen LogP contribution < -0.4 is 0 Å². The second-order valence-electron chi connectivity index (χ2n) is 3.81. The molecule has 1 fully saturated rings. The second kappa shape index (κ2) is 3.32. The number of hydrogen-bond acceptors (Lipinski definition) is 3. The standard InChI is InChI=1S/C9H18O3/c1-6-7(2)12-8(10)5-9(6,3)11-4/h6-8,10H,5H2,1-4H3/t6-,7-,8?,9?/m1/s1. The van der Waals surface area contributed by atoms with E-state index in [9.17, 15) is 5.11 Å². The summed E-state index contributed by atoms with van der Waals surface area (Å²) in [5.74, 6) is 0.311. The van der Waals surface area contributed by atoms with Gasteiger partial charge in [0.05, 0.1) is 11.7 Å². The molecule has 0 radical (unpaired) electrons. The lowest BCUT2D eigenvalue weighted by molar-refractivity contribution is -0.241. The molecule has 0 aromatic carbocycles. The van der Waals surface area contributed by atoms with Crippen molar-refractivity contribution in [3.8, 4) is 0 Å². The van der Waals surface area contributed by atoms with E-state index in [4.69, 9.17) is 9.47 Å². The van der Waals surface area contributed by atoms with Gasteiger partial charge in [-0.2, -0.15) is 0 Å². The average Bonchev–Trinajstić information content (AvgIpc) is 2.00. The van der Waals surface area contributed by atoms with Crippen molar-refractivity contribution in [3.05, 3.63) is 0 Å². The van der Waals surface area contributed by atoms with E-state index < -0.39 is 6.29 Å². The summed E-state index contributed by atoms with van der Waals surface area (Å²) in [6.07, 6.45) is -0.0745. The Morgan fingerprint density at radius 2 is 2.08 bits per heavy atom. The van der Waals surface area contributed by atoms with Gasteiger partial charge >= 0.3 is 0 Å². The highest BCUT2D eigenvalue weighted by molar-refractivity contribution is 4.89. The average molecular weight is 174 g/mol. The summed E-state index contributed by atoms with van der Waals surface area (Å²) in [7, 11) is 1.68. The highest BCUT2D eigenvalue weighted by atomic mass is 16.6.